The first kappa shape index (κ1) is 24.9. The van der Waals surface area contributed by atoms with Crippen molar-refractivity contribution in [2.24, 2.45) is 10.4 Å². The normalized spacial score (nSPS) is 20.5. The van der Waals surface area contributed by atoms with Crippen LogP contribution in [0.2, 0.25) is 0 Å². The molecule has 1 unspecified atom stereocenters. The molecule has 7 heteroatoms. The number of aliphatic imine (C=N–C) groups is 1. The van der Waals surface area contributed by atoms with Gasteiger partial charge >= 0.3 is 0 Å². The molecule has 1 aliphatic carbocycles. The number of nitrogens with one attached hydrogen (secondary N) is 3. The molecule has 168 valence electrons. The Morgan fingerprint density at radius 3 is 2.67 bits per heavy atom. The quantitative estimate of drug-likeness (QED) is 0.265. The van der Waals surface area contributed by atoms with Gasteiger partial charge in [-0.05, 0) is 62.1 Å². The number of guanidine groups is 1. The molecule has 1 saturated heterocycles. The van der Waals surface area contributed by atoms with Gasteiger partial charge in [0, 0.05) is 25.4 Å². The summed E-state index contributed by atoms with van der Waals surface area (Å²) in [6.07, 6.45) is 7.94. The van der Waals surface area contributed by atoms with E-state index >= 15 is 0 Å². The van der Waals surface area contributed by atoms with Crippen LogP contribution >= 0.6 is 24.0 Å². The van der Waals surface area contributed by atoms with Crippen molar-refractivity contribution in [3.05, 3.63) is 29.8 Å². The molecule has 1 amide bonds. The van der Waals surface area contributed by atoms with Gasteiger partial charge in [-0.1, -0.05) is 31.9 Å². The number of hydrogen-bond donors (Lipinski definition) is 3. The predicted molar refractivity (Wildman–Crippen MR) is 133 cm³/mol. The molecule has 2 fully saturated rings. The molecular formula is C23H37IN4O2. The average Bonchev–Trinajstić information content (AvgIpc) is 3.43. The minimum Gasteiger partial charge on any atom is -0.368 e. The van der Waals surface area contributed by atoms with Crippen molar-refractivity contribution in [2.75, 3.05) is 25.0 Å². The smallest absolute Gasteiger partial charge is 0.253 e. The van der Waals surface area contributed by atoms with Crippen molar-refractivity contribution in [1.29, 1.82) is 0 Å². The highest BCUT2D eigenvalue weighted by Crippen LogP contribution is 2.40. The lowest BCUT2D eigenvalue weighted by Crippen LogP contribution is -2.42. The van der Waals surface area contributed by atoms with E-state index in [4.69, 9.17) is 9.73 Å². The van der Waals surface area contributed by atoms with E-state index in [2.05, 4.69) is 29.8 Å². The summed E-state index contributed by atoms with van der Waals surface area (Å²) in [6.45, 7) is 7.44. The molecular weight excluding hydrogens is 491 g/mol. The number of carbonyl (C=O) groups is 1. The number of amides is 1. The highest BCUT2D eigenvalue weighted by atomic mass is 127. The summed E-state index contributed by atoms with van der Waals surface area (Å²) in [6, 6.07) is 7.90. The van der Waals surface area contributed by atoms with Gasteiger partial charge in [-0.2, -0.15) is 0 Å². The van der Waals surface area contributed by atoms with Gasteiger partial charge in [-0.25, -0.2) is 4.99 Å². The molecule has 0 aromatic heterocycles. The Morgan fingerprint density at radius 1 is 1.20 bits per heavy atom. The van der Waals surface area contributed by atoms with Crippen LogP contribution in [0.25, 0.3) is 0 Å². The lowest BCUT2D eigenvalue weighted by atomic mass is 9.83. The van der Waals surface area contributed by atoms with Crippen LogP contribution in [-0.2, 0) is 16.1 Å². The second-order valence-corrected chi connectivity index (χ2v) is 8.30. The first-order chi connectivity index (χ1) is 14.1. The third-order valence-corrected chi connectivity index (χ3v) is 6.23. The van der Waals surface area contributed by atoms with E-state index in [9.17, 15) is 4.79 Å². The number of carbonyl (C=O) groups excluding carboxylic acids is 1. The summed E-state index contributed by atoms with van der Waals surface area (Å²) < 4.78 is 5.46. The molecule has 3 N–H and O–H groups in total. The van der Waals surface area contributed by atoms with Crippen molar-refractivity contribution in [1.82, 2.24) is 10.6 Å². The Morgan fingerprint density at radius 2 is 2.00 bits per heavy atom. The van der Waals surface area contributed by atoms with E-state index in [0.29, 0.717) is 18.6 Å². The van der Waals surface area contributed by atoms with Crippen LogP contribution in [0.4, 0.5) is 5.69 Å². The van der Waals surface area contributed by atoms with Gasteiger partial charge in [0.15, 0.2) is 5.96 Å². The largest absolute Gasteiger partial charge is 0.368 e. The van der Waals surface area contributed by atoms with Crippen LogP contribution in [0.1, 0.15) is 64.4 Å². The van der Waals surface area contributed by atoms with Crippen molar-refractivity contribution in [2.45, 2.75) is 71.4 Å². The second kappa shape index (κ2) is 12.5. The van der Waals surface area contributed by atoms with Crippen LogP contribution in [0, 0.1) is 5.41 Å². The van der Waals surface area contributed by atoms with Crippen LogP contribution in [-0.4, -0.2) is 37.7 Å². The highest BCUT2D eigenvalue weighted by Gasteiger charge is 2.31. The van der Waals surface area contributed by atoms with Gasteiger partial charge in [0.05, 0.1) is 6.54 Å². The Kier molecular flexibility index (Phi) is 10.4. The number of anilines is 1. The van der Waals surface area contributed by atoms with Crippen molar-refractivity contribution >= 4 is 41.5 Å². The van der Waals surface area contributed by atoms with Crippen LogP contribution in [0.5, 0.6) is 0 Å². The first-order valence-corrected chi connectivity index (χ1v) is 11.2. The Labute approximate surface area is 198 Å². The van der Waals surface area contributed by atoms with E-state index in [1.54, 1.807) is 0 Å². The zero-order valence-corrected chi connectivity index (χ0v) is 20.7. The summed E-state index contributed by atoms with van der Waals surface area (Å²) in [5, 5.41) is 9.88. The van der Waals surface area contributed by atoms with Gasteiger partial charge in [0.1, 0.15) is 6.10 Å². The number of ether oxygens (including phenoxy) is 1. The van der Waals surface area contributed by atoms with Crippen LogP contribution in [0.3, 0.4) is 0 Å². The fourth-order valence-electron chi connectivity index (χ4n) is 4.32. The third kappa shape index (κ3) is 7.11. The van der Waals surface area contributed by atoms with E-state index < -0.39 is 0 Å². The zero-order chi connectivity index (χ0) is 20.5. The Bertz CT molecular complexity index is 698. The minimum atomic E-state index is -0.317. The highest BCUT2D eigenvalue weighted by molar-refractivity contribution is 14.0. The monoisotopic (exact) mass is 528 g/mol. The number of rotatable bonds is 8. The minimum absolute atomic E-state index is 0. The molecule has 6 nitrogen and oxygen atoms in total. The number of nitrogens with zero attached hydrogens (tertiary/aromatic N) is 1. The maximum absolute atomic E-state index is 12.3. The number of hydrogen-bond acceptors (Lipinski definition) is 3. The molecule has 30 heavy (non-hydrogen) atoms. The maximum atomic E-state index is 12.3. The SMILES string of the molecule is CCNC(=NCc1cccc(NC(=O)C2CCCO2)c1)NCC1(CC)CCCC1.I. The molecule has 0 spiro atoms. The molecule has 1 aromatic rings. The summed E-state index contributed by atoms with van der Waals surface area (Å²) in [4.78, 5) is 17.0. The summed E-state index contributed by atoms with van der Waals surface area (Å²) >= 11 is 0. The molecule has 1 aromatic carbocycles. The Balaban J connectivity index is 0.00000320. The molecule has 1 saturated carbocycles. The molecule has 1 heterocycles. The summed E-state index contributed by atoms with van der Waals surface area (Å²) in [5.74, 6) is 0.806. The lowest BCUT2D eigenvalue weighted by Gasteiger charge is -2.28. The summed E-state index contributed by atoms with van der Waals surface area (Å²) in [7, 11) is 0. The third-order valence-electron chi connectivity index (χ3n) is 6.23. The van der Waals surface area contributed by atoms with Gasteiger partial charge < -0.3 is 20.7 Å². The van der Waals surface area contributed by atoms with Crippen LogP contribution in [0.15, 0.2) is 29.3 Å². The standard InChI is InChI=1S/C23H36N4O2.HI/c1-3-23(12-5-6-13-23)17-26-22(24-4-2)25-16-18-9-7-10-19(15-18)27-21(28)20-11-8-14-29-20;/h7,9-10,15,20H,3-6,8,11-14,16-17H2,1-2H3,(H,27,28)(H2,24,25,26);1H. The van der Waals surface area contributed by atoms with E-state index in [1.807, 2.05) is 24.3 Å². The lowest BCUT2D eigenvalue weighted by molar-refractivity contribution is -0.124. The predicted octanol–water partition coefficient (Wildman–Crippen LogP) is 4.45. The zero-order valence-electron chi connectivity index (χ0n) is 18.3. The fourth-order valence-corrected chi connectivity index (χ4v) is 4.32. The van der Waals surface area contributed by atoms with E-state index in [0.717, 1.165) is 43.1 Å². The summed E-state index contributed by atoms with van der Waals surface area (Å²) in [5.41, 5.74) is 2.29. The van der Waals surface area contributed by atoms with Crippen molar-refractivity contribution in [3.8, 4) is 0 Å². The first-order valence-electron chi connectivity index (χ1n) is 11.2. The van der Waals surface area contributed by atoms with Gasteiger partial charge in [0.2, 0.25) is 0 Å². The van der Waals surface area contributed by atoms with E-state index in [-0.39, 0.29) is 36.0 Å². The molecule has 2 aliphatic rings. The van der Waals surface area contributed by atoms with Gasteiger partial charge in [0.25, 0.3) is 5.91 Å². The van der Waals surface area contributed by atoms with Crippen LogP contribution < -0.4 is 16.0 Å². The number of halogens is 1. The fraction of sp³-hybridized carbons (Fsp3) is 0.652. The molecule has 3 rings (SSSR count). The molecule has 1 atom stereocenters. The molecule has 1 aliphatic heterocycles. The second-order valence-electron chi connectivity index (χ2n) is 8.30. The topological polar surface area (TPSA) is 74.8 Å². The van der Waals surface area contributed by atoms with Gasteiger partial charge in [-0.15, -0.1) is 24.0 Å². The Hall–Kier alpha value is -1.35. The molecule has 0 bridgehead atoms. The average molecular weight is 528 g/mol. The molecule has 0 radical (unpaired) electrons. The van der Waals surface area contributed by atoms with Gasteiger partial charge in [-0.3, -0.25) is 4.79 Å². The van der Waals surface area contributed by atoms with Crippen molar-refractivity contribution < 1.29 is 9.53 Å². The van der Waals surface area contributed by atoms with E-state index in [1.165, 1.54) is 32.1 Å². The van der Waals surface area contributed by atoms with Crippen molar-refractivity contribution in [3.63, 3.8) is 0 Å². The maximum Gasteiger partial charge on any atom is 0.253 e. The number of benzene rings is 1.